The van der Waals surface area contributed by atoms with Crippen LogP contribution in [0, 0.1) is 5.92 Å². The molecule has 0 bridgehead atoms. The third kappa shape index (κ3) is 3.59. The first-order valence-electron chi connectivity index (χ1n) is 5.91. The van der Waals surface area contributed by atoms with Gasteiger partial charge in [0.25, 0.3) is 0 Å². The molecule has 0 aliphatic carbocycles. The lowest BCUT2D eigenvalue weighted by Crippen LogP contribution is -2.45. The van der Waals surface area contributed by atoms with Crippen LogP contribution < -0.4 is 11.1 Å². The number of hydrogen-bond donors (Lipinski definition) is 3. The molecule has 0 aromatic carbocycles. The lowest BCUT2D eigenvalue weighted by molar-refractivity contribution is -0.124. The van der Waals surface area contributed by atoms with Gasteiger partial charge in [-0.25, -0.2) is 0 Å². The molecule has 17 heavy (non-hydrogen) atoms. The fourth-order valence-electron chi connectivity index (χ4n) is 1.97. The summed E-state index contributed by atoms with van der Waals surface area (Å²) >= 11 is 0. The summed E-state index contributed by atoms with van der Waals surface area (Å²) in [5.74, 6) is -0.855. The first-order valence-corrected chi connectivity index (χ1v) is 5.91. The van der Waals surface area contributed by atoms with E-state index in [1.165, 1.54) is 0 Å². The Morgan fingerprint density at radius 2 is 2.41 bits per heavy atom. The zero-order valence-corrected chi connectivity index (χ0v) is 10.4. The van der Waals surface area contributed by atoms with Crippen molar-refractivity contribution in [2.75, 3.05) is 13.2 Å². The summed E-state index contributed by atoms with van der Waals surface area (Å²) in [6.07, 6.45) is 2.46. The molecule has 1 aliphatic rings. The largest absolute Gasteiger partial charge is 0.409 e. The second-order valence-corrected chi connectivity index (χ2v) is 4.61. The van der Waals surface area contributed by atoms with Gasteiger partial charge in [0.05, 0.1) is 11.5 Å². The predicted molar refractivity (Wildman–Crippen MR) is 63.8 cm³/mol. The van der Waals surface area contributed by atoms with Gasteiger partial charge in [-0.1, -0.05) is 12.1 Å². The molecule has 1 fully saturated rings. The van der Waals surface area contributed by atoms with Crippen molar-refractivity contribution in [2.45, 2.75) is 38.7 Å². The van der Waals surface area contributed by atoms with Crippen molar-refractivity contribution in [3.8, 4) is 0 Å². The van der Waals surface area contributed by atoms with Crippen molar-refractivity contribution < 1.29 is 14.7 Å². The number of carbonyl (C=O) groups is 1. The molecule has 1 amide bonds. The molecule has 2 unspecified atom stereocenters. The molecule has 1 heterocycles. The van der Waals surface area contributed by atoms with Crippen LogP contribution in [0.1, 0.15) is 33.1 Å². The van der Waals surface area contributed by atoms with Crippen molar-refractivity contribution in [3.63, 3.8) is 0 Å². The first kappa shape index (κ1) is 13.8. The van der Waals surface area contributed by atoms with Crippen LogP contribution in [-0.2, 0) is 9.53 Å². The number of nitrogens with one attached hydrogen (secondary N) is 1. The van der Waals surface area contributed by atoms with Gasteiger partial charge in [-0.05, 0) is 26.2 Å². The minimum Gasteiger partial charge on any atom is -0.409 e. The van der Waals surface area contributed by atoms with Crippen molar-refractivity contribution >= 4 is 11.7 Å². The summed E-state index contributed by atoms with van der Waals surface area (Å²) in [6, 6.07) is 0. The van der Waals surface area contributed by atoms with Crippen molar-refractivity contribution in [3.05, 3.63) is 0 Å². The summed E-state index contributed by atoms with van der Waals surface area (Å²) < 4.78 is 5.57. The van der Waals surface area contributed by atoms with Gasteiger partial charge in [0.15, 0.2) is 5.84 Å². The number of amidine groups is 1. The number of rotatable bonds is 5. The van der Waals surface area contributed by atoms with Crippen LogP contribution in [0.5, 0.6) is 0 Å². The molecule has 1 rings (SSSR count). The lowest BCUT2D eigenvalue weighted by Gasteiger charge is -2.24. The molecule has 6 heteroatoms. The van der Waals surface area contributed by atoms with Gasteiger partial charge in [0.2, 0.25) is 5.91 Å². The molecule has 6 nitrogen and oxygen atoms in total. The van der Waals surface area contributed by atoms with Gasteiger partial charge in [0, 0.05) is 13.2 Å². The summed E-state index contributed by atoms with van der Waals surface area (Å²) in [5.41, 5.74) is 5.17. The van der Waals surface area contributed by atoms with Gasteiger partial charge in [0.1, 0.15) is 0 Å². The monoisotopic (exact) mass is 243 g/mol. The average Bonchev–Trinajstić information content (AvgIpc) is 2.75. The topological polar surface area (TPSA) is 96.9 Å². The van der Waals surface area contributed by atoms with Crippen molar-refractivity contribution in [1.82, 2.24) is 5.32 Å². The Kier molecular flexibility index (Phi) is 4.74. The first-order chi connectivity index (χ1) is 8.02. The van der Waals surface area contributed by atoms with Crippen LogP contribution in [0.15, 0.2) is 5.16 Å². The molecule has 0 radical (unpaired) electrons. The van der Waals surface area contributed by atoms with Gasteiger partial charge < -0.3 is 21.0 Å². The summed E-state index contributed by atoms with van der Waals surface area (Å²) in [4.78, 5) is 11.8. The zero-order valence-electron chi connectivity index (χ0n) is 10.4. The minimum atomic E-state index is -0.579. The molecule has 4 N–H and O–H groups in total. The lowest BCUT2D eigenvalue weighted by atomic mass is 10.0. The molecule has 1 saturated heterocycles. The summed E-state index contributed by atoms with van der Waals surface area (Å²) in [5, 5.41) is 14.2. The van der Waals surface area contributed by atoms with E-state index < -0.39 is 5.92 Å². The van der Waals surface area contributed by atoms with Crippen molar-refractivity contribution in [2.24, 2.45) is 16.8 Å². The van der Waals surface area contributed by atoms with Crippen molar-refractivity contribution in [1.29, 1.82) is 0 Å². The van der Waals surface area contributed by atoms with Crippen LogP contribution in [0.4, 0.5) is 0 Å². The van der Waals surface area contributed by atoms with E-state index in [9.17, 15) is 4.79 Å². The second-order valence-electron chi connectivity index (χ2n) is 4.61. The van der Waals surface area contributed by atoms with E-state index in [0.29, 0.717) is 13.0 Å². The smallest absolute Gasteiger partial charge is 0.230 e. The molecule has 2 atom stereocenters. The summed E-state index contributed by atoms with van der Waals surface area (Å²) in [7, 11) is 0. The highest BCUT2D eigenvalue weighted by Gasteiger charge is 2.31. The highest BCUT2D eigenvalue weighted by Crippen LogP contribution is 2.24. The Hall–Kier alpha value is -1.30. The van der Waals surface area contributed by atoms with Gasteiger partial charge in [-0.3, -0.25) is 4.79 Å². The molecule has 0 saturated carbocycles. The number of carbonyl (C=O) groups excluding carboxylic acids is 1. The van der Waals surface area contributed by atoms with E-state index in [-0.39, 0.29) is 17.3 Å². The molecule has 1 aliphatic heterocycles. The fourth-order valence-corrected chi connectivity index (χ4v) is 1.97. The predicted octanol–water partition coefficient (Wildman–Crippen LogP) is 0.444. The molecule has 0 aromatic rings. The number of oxime groups is 1. The van der Waals surface area contributed by atoms with E-state index in [4.69, 9.17) is 15.7 Å². The molecular weight excluding hydrogens is 222 g/mol. The standard InChI is InChI=1S/C11H21N3O3/c1-3-8(9(12)14-16)10(15)13-7-11(2)5-4-6-17-11/h8,16H,3-7H2,1-2H3,(H2,12,14)(H,13,15). The molecule has 98 valence electrons. The van der Waals surface area contributed by atoms with Gasteiger partial charge in [-0.15, -0.1) is 0 Å². The van der Waals surface area contributed by atoms with E-state index in [2.05, 4.69) is 10.5 Å². The Bertz CT molecular complexity index is 298. The van der Waals surface area contributed by atoms with Gasteiger partial charge in [-0.2, -0.15) is 0 Å². The SMILES string of the molecule is CCC(C(=O)NCC1(C)CCCO1)C(N)=NO. The van der Waals surface area contributed by atoms with Crippen LogP contribution in [0.25, 0.3) is 0 Å². The maximum Gasteiger partial charge on any atom is 0.230 e. The maximum absolute atomic E-state index is 11.8. The van der Waals surface area contributed by atoms with Crippen LogP contribution >= 0.6 is 0 Å². The minimum absolute atomic E-state index is 0.0532. The number of ether oxygens (including phenoxy) is 1. The Morgan fingerprint density at radius 1 is 1.71 bits per heavy atom. The summed E-state index contributed by atoms with van der Waals surface area (Å²) in [6.45, 7) is 4.99. The third-order valence-corrected chi connectivity index (χ3v) is 3.13. The number of nitrogens with zero attached hydrogens (tertiary/aromatic N) is 1. The van der Waals surface area contributed by atoms with E-state index >= 15 is 0 Å². The molecule has 0 spiro atoms. The number of hydrogen-bond acceptors (Lipinski definition) is 4. The highest BCUT2D eigenvalue weighted by molar-refractivity contribution is 6.01. The van der Waals surface area contributed by atoms with E-state index in [0.717, 1.165) is 19.4 Å². The number of nitrogens with two attached hydrogens (primary N) is 1. The third-order valence-electron chi connectivity index (χ3n) is 3.13. The highest BCUT2D eigenvalue weighted by atomic mass is 16.5. The second kappa shape index (κ2) is 5.86. The maximum atomic E-state index is 11.8. The van der Waals surface area contributed by atoms with E-state index in [1.54, 1.807) is 0 Å². The fraction of sp³-hybridized carbons (Fsp3) is 0.818. The van der Waals surface area contributed by atoms with Crippen LogP contribution in [0.2, 0.25) is 0 Å². The normalized spacial score (nSPS) is 26.8. The molecular formula is C11H21N3O3. The Labute approximate surface area is 101 Å². The van der Waals surface area contributed by atoms with Crippen LogP contribution in [0.3, 0.4) is 0 Å². The average molecular weight is 243 g/mol. The Balaban J connectivity index is 2.48. The quantitative estimate of drug-likeness (QED) is 0.282. The van der Waals surface area contributed by atoms with Crippen LogP contribution in [-0.4, -0.2) is 35.7 Å². The van der Waals surface area contributed by atoms with E-state index in [1.807, 2.05) is 13.8 Å². The molecule has 0 aromatic heterocycles. The number of amides is 1. The van der Waals surface area contributed by atoms with Gasteiger partial charge >= 0.3 is 0 Å². The Morgan fingerprint density at radius 3 is 2.88 bits per heavy atom. The zero-order chi connectivity index (χ0) is 12.9.